The summed E-state index contributed by atoms with van der Waals surface area (Å²) in [6.45, 7) is 3.09. The van der Waals surface area contributed by atoms with Crippen LogP contribution in [0.25, 0.3) is 0 Å². The summed E-state index contributed by atoms with van der Waals surface area (Å²) in [7, 11) is 1.73. The van der Waals surface area contributed by atoms with Gasteiger partial charge in [0.15, 0.2) is 0 Å². The lowest BCUT2D eigenvalue weighted by Gasteiger charge is -2.25. The Bertz CT molecular complexity index is 373. The molecule has 0 aliphatic heterocycles. The fourth-order valence-corrected chi connectivity index (χ4v) is 1.52. The van der Waals surface area contributed by atoms with E-state index in [9.17, 15) is 4.39 Å². The number of nitriles is 1. The Balaban J connectivity index is 2.83. The highest BCUT2D eigenvalue weighted by atomic mass is 19.1. The quantitative estimate of drug-likeness (QED) is 0.823. The number of para-hydroxylation sites is 1. The molecule has 0 radical (unpaired) electrons. The molecule has 0 heterocycles. The first-order valence-electron chi connectivity index (χ1n) is 5.29. The maximum atomic E-state index is 13.5. The second kappa shape index (κ2) is 6.09. The topological polar surface area (TPSA) is 39.1 Å². The highest BCUT2D eigenvalue weighted by Crippen LogP contribution is 2.18. The highest BCUT2D eigenvalue weighted by Gasteiger charge is 2.13. The molecule has 0 aliphatic carbocycles. The maximum Gasteiger partial charge on any atom is 0.146 e. The third-order valence-corrected chi connectivity index (χ3v) is 2.48. The third kappa shape index (κ3) is 2.94. The van der Waals surface area contributed by atoms with Crippen molar-refractivity contribution in [1.29, 1.82) is 5.26 Å². The summed E-state index contributed by atoms with van der Waals surface area (Å²) in [6.07, 6.45) is 0. The summed E-state index contributed by atoms with van der Waals surface area (Å²) in [5.74, 6) is -0.253. The summed E-state index contributed by atoms with van der Waals surface area (Å²) in [5, 5.41) is 11.7. The molecular weight excluding hydrogens is 205 g/mol. The van der Waals surface area contributed by atoms with Gasteiger partial charge in [-0.2, -0.15) is 5.26 Å². The van der Waals surface area contributed by atoms with Crippen molar-refractivity contribution in [2.45, 2.75) is 13.0 Å². The lowest BCUT2D eigenvalue weighted by molar-refractivity contribution is 0.601. The normalized spacial score (nSPS) is 11.9. The first-order chi connectivity index (χ1) is 7.72. The summed E-state index contributed by atoms with van der Waals surface area (Å²) in [4.78, 5) is 1.85. The van der Waals surface area contributed by atoms with Crippen LogP contribution in [-0.4, -0.2) is 26.2 Å². The molecule has 1 aromatic rings. The summed E-state index contributed by atoms with van der Waals surface area (Å²) >= 11 is 0. The van der Waals surface area contributed by atoms with Crippen LogP contribution < -0.4 is 10.2 Å². The first kappa shape index (κ1) is 12.5. The highest BCUT2D eigenvalue weighted by molar-refractivity contribution is 5.47. The van der Waals surface area contributed by atoms with Gasteiger partial charge in [0, 0.05) is 13.1 Å². The number of hydrogen-bond donors (Lipinski definition) is 1. The molecule has 0 saturated carbocycles. The smallest absolute Gasteiger partial charge is 0.146 e. The van der Waals surface area contributed by atoms with Gasteiger partial charge in [-0.1, -0.05) is 12.1 Å². The standard InChI is InChI=1S/C12H16FN3/c1-3-16(9-10(8-14)15-2)12-7-5-4-6-11(12)13/h4-7,10,15H,3,9H2,1-2H3. The van der Waals surface area contributed by atoms with E-state index in [-0.39, 0.29) is 11.9 Å². The zero-order valence-corrected chi connectivity index (χ0v) is 9.57. The van der Waals surface area contributed by atoms with Gasteiger partial charge in [0.1, 0.15) is 11.9 Å². The van der Waals surface area contributed by atoms with Crippen molar-refractivity contribution < 1.29 is 4.39 Å². The van der Waals surface area contributed by atoms with Gasteiger partial charge in [0.05, 0.1) is 11.8 Å². The molecule has 0 amide bonds. The Kier molecular flexibility index (Phi) is 4.74. The Labute approximate surface area is 95.5 Å². The predicted molar refractivity (Wildman–Crippen MR) is 62.7 cm³/mol. The second-order valence-corrected chi connectivity index (χ2v) is 3.46. The van der Waals surface area contributed by atoms with Crippen molar-refractivity contribution >= 4 is 5.69 Å². The van der Waals surface area contributed by atoms with Gasteiger partial charge in [-0.25, -0.2) is 4.39 Å². The van der Waals surface area contributed by atoms with Gasteiger partial charge in [0.25, 0.3) is 0 Å². The Morgan fingerprint density at radius 3 is 2.69 bits per heavy atom. The molecule has 0 bridgehead atoms. The molecule has 1 rings (SSSR count). The molecule has 1 N–H and O–H groups in total. The van der Waals surface area contributed by atoms with Crippen molar-refractivity contribution in [2.24, 2.45) is 0 Å². The van der Waals surface area contributed by atoms with Crippen molar-refractivity contribution in [3.8, 4) is 6.07 Å². The van der Waals surface area contributed by atoms with E-state index < -0.39 is 0 Å². The minimum absolute atomic E-state index is 0.253. The molecule has 0 aromatic heterocycles. The molecular formula is C12H16FN3. The van der Waals surface area contributed by atoms with Gasteiger partial charge in [-0.05, 0) is 26.1 Å². The Hall–Kier alpha value is -1.60. The fourth-order valence-electron chi connectivity index (χ4n) is 1.52. The molecule has 1 unspecified atom stereocenters. The molecule has 0 spiro atoms. The van der Waals surface area contributed by atoms with Gasteiger partial charge in [-0.3, -0.25) is 0 Å². The number of hydrogen-bond acceptors (Lipinski definition) is 3. The minimum atomic E-state index is -0.292. The van der Waals surface area contributed by atoms with E-state index in [0.717, 1.165) is 0 Å². The van der Waals surface area contributed by atoms with Crippen LogP contribution in [0.5, 0.6) is 0 Å². The molecule has 1 aromatic carbocycles. The maximum absolute atomic E-state index is 13.5. The van der Waals surface area contributed by atoms with E-state index in [1.165, 1.54) is 6.07 Å². The van der Waals surface area contributed by atoms with E-state index in [4.69, 9.17) is 5.26 Å². The predicted octanol–water partition coefficient (Wildman–Crippen LogP) is 1.76. The molecule has 0 fully saturated rings. The van der Waals surface area contributed by atoms with E-state index in [1.807, 2.05) is 11.8 Å². The van der Waals surface area contributed by atoms with Crippen LogP contribution in [-0.2, 0) is 0 Å². The van der Waals surface area contributed by atoms with Crippen LogP contribution >= 0.6 is 0 Å². The Morgan fingerprint density at radius 1 is 1.50 bits per heavy atom. The monoisotopic (exact) mass is 221 g/mol. The fraction of sp³-hybridized carbons (Fsp3) is 0.417. The lowest BCUT2D eigenvalue weighted by Crippen LogP contribution is -2.39. The number of halogens is 1. The molecule has 0 saturated heterocycles. The Morgan fingerprint density at radius 2 is 2.19 bits per heavy atom. The summed E-state index contributed by atoms with van der Waals surface area (Å²) in [6, 6.07) is 8.45. The number of likely N-dealkylation sites (N-methyl/N-ethyl adjacent to an activating group) is 2. The third-order valence-electron chi connectivity index (χ3n) is 2.48. The van der Waals surface area contributed by atoms with Crippen molar-refractivity contribution in [3.63, 3.8) is 0 Å². The van der Waals surface area contributed by atoms with Gasteiger partial charge in [0.2, 0.25) is 0 Å². The average Bonchev–Trinajstić information content (AvgIpc) is 2.32. The van der Waals surface area contributed by atoms with E-state index in [2.05, 4.69) is 11.4 Å². The number of nitrogens with one attached hydrogen (secondary N) is 1. The minimum Gasteiger partial charge on any atom is -0.367 e. The molecule has 3 nitrogen and oxygen atoms in total. The number of benzene rings is 1. The number of anilines is 1. The van der Waals surface area contributed by atoms with Crippen LogP contribution in [0.1, 0.15) is 6.92 Å². The number of nitrogens with zero attached hydrogens (tertiary/aromatic N) is 2. The van der Waals surface area contributed by atoms with E-state index >= 15 is 0 Å². The molecule has 1 atom stereocenters. The second-order valence-electron chi connectivity index (χ2n) is 3.46. The molecule has 0 aliphatic rings. The van der Waals surface area contributed by atoms with Crippen molar-refractivity contribution in [2.75, 3.05) is 25.0 Å². The summed E-state index contributed by atoms with van der Waals surface area (Å²) < 4.78 is 13.5. The van der Waals surface area contributed by atoms with Gasteiger partial charge >= 0.3 is 0 Å². The largest absolute Gasteiger partial charge is 0.367 e. The lowest BCUT2D eigenvalue weighted by atomic mass is 10.2. The van der Waals surface area contributed by atoms with Crippen LogP contribution in [0.4, 0.5) is 10.1 Å². The van der Waals surface area contributed by atoms with E-state index in [1.54, 1.807) is 25.2 Å². The van der Waals surface area contributed by atoms with Crippen molar-refractivity contribution in [1.82, 2.24) is 5.32 Å². The average molecular weight is 221 g/mol. The van der Waals surface area contributed by atoms with E-state index in [0.29, 0.717) is 18.8 Å². The zero-order valence-electron chi connectivity index (χ0n) is 9.57. The first-order valence-corrected chi connectivity index (χ1v) is 5.29. The van der Waals surface area contributed by atoms with Gasteiger partial charge in [-0.15, -0.1) is 0 Å². The van der Waals surface area contributed by atoms with Crippen LogP contribution in [0.3, 0.4) is 0 Å². The van der Waals surface area contributed by atoms with Gasteiger partial charge < -0.3 is 10.2 Å². The van der Waals surface area contributed by atoms with Crippen LogP contribution in [0.15, 0.2) is 24.3 Å². The SMILES string of the molecule is CCN(CC(C#N)NC)c1ccccc1F. The molecule has 16 heavy (non-hydrogen) atoms. The van der Waals surface area contributed by atoms with Crippen LogP contribution in [0, 0.1) is 17.1 Å². The number of rotatable bonds is 5. The molecule has 86 valence electrons. The van der Waals surface area contributed by atoms with Crippen LogP contribution in [0.2, 0.25) is 0 Å². The molecule has 4 heteroatoms. The van der Waals surface area contributed by atoms with Crippen molar-refractivity contribution in [3.05, 3.63) is 30.1 Å². The zero-order chi connectivity index (χ0) is 12.0. The summed E-state index contributed by atoms with van der Waals surface area (Å²) in [5.41, 5.74) is 0.542.